The van der Waals surface area contributed by atoms with Crippen LogP contribution in [0.15, 0.2) is 0 Å². The van der Waals surface area contributed by atoms with E-state index >= 15 is 0 Å². The molecule has 0 unspecified atom stereocenters. The first-order valence-corrected chi connectivity index (χ1v) is 51.8. The SMILES string of the molecule is CC(C)(C)[Si](C(C)(C)C)(C(C)(C)C)[Si]1(Cl)[Si](Cl)([Si](C(C)(C)C)(C(C)(C)C)C(C)(C)C)[Si](Cl)([Si](C(C)(C)C)(C(C)(C)C)C(C)(C)C)[Si]1(Cl)[Si](C(C)(C)C)(C(C)(C)C)C(C)(C)C. The summed E-state index contributed by atoms with van der Waals surface area (Å²) in [6.45, 7) is 94.7. The normalized spacial score (nSPS) is 27.6. The monoisotopic (exact) mass is 1050 g/mol. The smallest absolute Gasteiger partial charge is 0.160 e. The van der Waals surface area contributed by atoms with Crippen LogP contribution in [0.4, 0.5) is 0 Å². The van der Waals surface area contributed by atoms with E-state index in [1.54, 1.807) is 0 Å². The molecule has 0 aromatic carbocycles. The van der Waals surface area contributed by atoms with Crippen molar-refractivity contribution in [1.82, 2.24) is 0 Å². The molecule has 12 heteroatoms. The predicted molar refractivity (Wildman–Crippen MR) is 306 cm³/mol. The van der Waals surface area contributed by atoms with Gasteiger partial charge in [0.25, 0.3) is 0 Å². The Balaban J connectivity index is 6.52. The second-order valence-corrected chi connectivity index (χ2v) is 134. The van der Waals surface area contributed by atoms with E-state index in [4.69, 9.17) is 0 Å². The molecule has 360 valence electrons. The summed E-state index contributed by atoms with van der Waals surface area (Å²) in [5, 5.41) is -1.32. The molecule has 1 aliphatic heterocycles. The molecule has 0 N–H and O–H groups in total. The van der Waals surface area contributed by atoms with Gasteiger partial charge in [0, 0.05) is 0 Å². The molecule has 0 aromatic heterocycles. The lowest BCUT2D eigenvalue weighted by molar-refractivity contribution is 0.547. The Labute approximate surface area is 404 Å². The minimum absolute atomic E-state index is 0.110. The molecule has 1 aliphatic rings. The largest absolute Gasteiger partial charge is 0.175 e. The lowest BCUT2D eigenvalue weighted by Crippen LogP contribution is -3.23. The van der Waals surface area contributed by atoms with Gasteiger partial charge in [0.15, 0.2) is 23.7 Å². The van der Waals surface area contributed by atoms with Crippen molar-refractivity contribution >= 4 is 98.4 Å². The molecule has 1 heterocycles. The molecule has 1 fully saturated rings. The van der Waals surface area contributed by atoms with Gasteiger partial charge < -0.3 is 0 Å². The van der Waals surface area contributed by atoms with E-state index in [0.717, 1.165) is 0 Å². The molecule has 0 nitrogen and oxygen atoms in total. The topological polar surface area (TPSA) is 0 Å². The molecule has 0 aliphatic carbocycles. The summed E-state index contributed by atoms with van der Waals surface area (Å²) in [5.74, 6) is -14.4. The zero-order chi connectivity index (χ0) is 50.0. The molecule has 0 radical (unpaired) electrons. The van der Waals surface area contributed by atoms with Crippen LogP contribution in [-0.4, -0.2) is 54.1 Å². The average Bonchev–Trinajstić information content (AvgIpc) is 2.77. The van der Waals surface area contributed by atoms with Gasteiger partial charge in [0.2, 0.25) is 0 Å². The van der Waals surface area contributed by atoms with Crippen LogP contribution in [-0.2, 0) is 0 Å². The summed E-state index contributed by atoms with van der Waals surface area (Å²) in [4.78, 5) is 0. The molecular formula is C48H108Cl4Si8. The fourth-order valence-corrected chi connectivity index (χ4v) is 581. The second-order valence-electron chi connectivity index (χ2n) is 32.6. The van der Waals surface area contributed by atoms with Gasteiger partial charge in [-0.05, 0) is 60.5 Å². The third kappa shape index (κ3) is 6.53. The summed E-state index contributed by atoms with van der Waals surface area (Å²) in [6, 6.07) is 0. The average molecular weight is 1050 g/mol. The molecule has 0 bridgehead atoms. The quantitative estimate of drug-likeness (QED) is 0.194. The summed E-state index contributed by atoms with van der Waals surface area (Å²) in [7, 11) is -12.2. The molecular weight excluding hydrogens is 943 g/mol. The number of hydrogen-bond donors (Lipinski definition) is 0. The van der Waals surface area contributed by atoms with Crippen molar-refractivity contribution in [2.75, 3.05) is 0 Å². The van der Waals surface area contributed by atoms with E-state index in [9.17, 15) is 44.3 Å². The van der Waals surface area contributed by atoms with Gasteiger partial charge in [-0.2, -0.15) is 44.3 Å². The van der Waals surface area contributed by atoms with Crippen LogP contribution < -0.4 is 0 Å². The van der Waals surface area contributed by atoms with Crippen LogP contribution in [0.25, 0.3) is 0 Å². The summed E-state index contributed by atoms with van der Waals surface area (Å²) >= 11 is 42.2. The minimum atomic E-state index is -3.59. The lowest BCUT2D eigenvalue weighted by atomic mass is 10.2. The van der Waals surface area contributed by atoms with Crippen molar-refractivity contribution in [2.24, 2.45) is 0 Å². The van der Waals surface area contributed by atoms with E-state index in [2.05, 4.69) is 249 Å². The Hall–Kier alpha value is 2.90. The highest BCUT2D eigenvalue weighted by Crippen LogP contribution is 2.89. The first-order valence-electron chi connectivity index (χ1n) is 23.8. The van der Waals surface area contributed by atoms with E-state index in [1.165, 1.54) is 0 Å². The van der Waals surface area contributed by atoms with E-state index in [0.29, 0.717) is 0 Å². The van der Waals surface area contributed by atoms with Crippen molar-refractivity contribution in [2.45, 2.75) is 310 Å². The standard InChI is InChI=1S/C48H108Cl4Si8/c1-37(2,3)53(38(4,5)6,39(7,8)9)57(49)58(50,54(40(10,11)12,41(13,14)15)42(16,17)18)60(52,56(46(28,29)30,47(31,32)33)48(34,35)36)59(57,51)55(43(19,20)21,44(22,23)24)45(25,26)27/h1-36H3. The van der Waals surface area contributed by atoms with Crippen LogP contribution >= 0.6 is 44.3 Å². The Morgan fingerprint density at radius 1 is 0.167 bits per heavy atom. The van der Waals surface area contributed by atoms with Crippen LogP contribution in [0.5, 0.6) is 0 Å². The first kappa shape index (κ1) is 60.9. The molecule has 1 rings (SSSR count). The fourth-order valence-electron chi connectivity index (χ4n) is 22.7. The molecule has 1 saturated heterocycles. The van der Waals surface area contributed by atoms with Gasteiger partial charge in [0.05, 0.1) is 30.4 Å². The van der Waals surface area contributed by atoms with E-state index in [1.807, 2.05) is 0 Å². The van der Waals surface area contributed by atoms with Crippen molar-refractivity contribution < 1.29 is 0 Å². The zero-order valence-corrected chi connectivity index (χ0v) is 58.5. The van der Waals surface area contributed by atoms with E-state index < -0.39 is 54.1 Å². The summed E-state index contributed by atoms with van der Waals surface area (Å²) in [6.07, 6.45) is 0. The maximum absolute atomic E-state index is 10.5. The molecule has 60 heavy (non-hydrogen) atoms. The Morgan fingerprint density at radius 3 is 0.250 bits per heavy atom. The predicted octanol–water partition coefficient (Wildman–Crippen LogP) is 20.8. The number of rotatable bonds is 4. The Bertz CT molecular complexity index is 1190. The summed E-state index contributed by atoms with van der Waals surface area (Å²) < 4.78 is 0. The lowest BCUT2D eigenvalue weighted by Gasteiger charge is -2.93. The van der Waals surface area contributed by atoms with Gasteiger partial charge in [-0.25, -0.2) is 0 Å². The second kappa shape index (κ2) is 15.2. The third-order valence-corrected chi connectivity index (χ3v) is 277. The minimum Gasteiger partial charge on any atom is -0.175 e. The van der Waals surface area contributed by atoms with Crippen LogP contribution in [0.1, 0.15) is 249 Å². The van der Waals surface area contributed by atoms with Gasteiger partial charge in [-0.15, -0.1) is 0 Å². The fraction of sp³-hybridized carbons (Fsp3) is 1.00. The van der Waals surface area contributed by atoms with Gasteiger partial charge in [0.1, 0.15) is 0 Å². The zero-order valence-electron chi connectivity index (χ0n) is 47.5. The molecule has 0 spiro atoms. The molecule has 0 amide bonds. The van der Waals surface area contributed by atoms with Crippen LogP contribution in [0.2, 0.25) is 60.5 Å². The Kier molecular flexibility index (Phi) is 15.4. The van der Waals surface area contributed by atoms with Gasteiger partial charge in [-0.3, -0.25) is 0 Å². The van der Waals surface area contributed by atoms with Gasteiger partial charge in [-0.1, -0.05) is 249 Å². The number of halogens is 4. The Morgan fingerprint density at radius 2 is 0.217 bits per heavy atom. The van der Waals surface area contributed by atoms with Crippen molar-refractivity contribution in [3.8, 4) is 0 Å². The van der Waals surface area contributed by atoms with E-state index in [-0.39, 0.29) is 60.5 Å². The first-order chi connectivity index (χ1) is 25.0. The van der Waals surface area contributed by atoms with Crippen molar-refractivity contribution in [1.29, 1.82) is 0 Å². The third-order valence-electron chi connectivity index (χ3n) is 17.5. The maximum Gasteiger partial charge on any atom is 0.160 e. The van der Waals surface area contributed by atoms with Crippen molar-refractivity contribution in [3.63, 3.8) is 0 Å². The highest BCUT2D eigenvalue weighted by molar-refractivity contribution is 8.58. The maximum atomic E-state index is 10.5. The molecule has 0 saturated carbocycles. The van der Waals surface area contributed by atoms with Crippen molar-refractivity contribution in [3.05, 3.63) is 0 Å². The van der Waals surface area contributed by atoms with Gasteiger partial charge >= 0.3 is 0 Å². The number of hydrogen-bond acceptors (Lipinski definition) is 0. The van der Waals surface area contributed by atoms with Crippen LogP contribution in [0, 0.1) is 0 Å². The summed E-state index contributed by atoms with van der Waals surface area (Å²) in [5.41, 5.74) is 0. The highest BCUT2D eigenvalue weighted by Gasteiger charge is 3.11. The molecule has 0 aromatic rings. The van der Waals surface area contributed by atoms with Crippen LogP contribution in [0.3, 0.4) is 0 Å². The molecule has 0 atom stereocenters. The highest BCUT2D eigenvalue weighted by atomic mass is 35.6.